The van der Waals surface area contributed by atoms with Gasteiger partial charge < -0.3 is 15.2 Å². The number of nitrogens with one attached hydrogen (secondary N) is 1. The number of pyridine rings is 2. The summed E-state index contributed by atoms with van der Waals surface area (Å²) in [5.74, 6) is -0.638. The number of rotatable bonds is 6. The summed E-state index contributed by atoms with van der Waals surface area (Å²) in [4.78, 5) is 18.8. The van der Waals surface area contributed by atoms with E-state index in [4.69, 9.17) is 14.6 Å². The molecule has 4 aromatic rings. The maximum atomic E-state index is 10.6. The van der Waals surface area contributed by atoms with Crippen molar-refractivity contribution in [1.82, 2.24) is 9.97 Å². The summed E-state index contributed by atoms with van der Waals surface area (Å²) < 4.78 is 37.8. The molecule has 0 aliphatic carbocycles. The van der Waals surface area contributed by atoms with Crippen molar-refractivity contribution in [2.75, 3.05) is 11.6 Å². The van der Waals surface area contributed by atoms with Crippen molar-refractivity contribution in [3.8, 4) is 22.8 Å². The van der Waals surface area contributed by atoms with E-state index in [0.717, 1.165) is 28.4 Å². The first kappa shape index (κ1) is 25.6. The Bertz CT molecular complexity index is 1240. The van der Waals surface area contributed by atoms with Crippen molar-refractivity contribution in [2.24, 2.45) is 0 Å². The molecule has 35 heavy (non-hydrogen) atoms. The second kappa shape index (κ2) is 11.9. The Morgan fingerprint density at radius 3 is 2.14 bits per heavy atom. The summed E-state index contributed by atoms with van der Waals surface area (Å²) in [5.41, 5.74) is 2.99. The fourth-order valence-electron chi connectivity index (χ4n) is 2.76. The van der Waals surface area contributed by atoms with Crippen molar-refractivity contribution in [3.63, 3.8) is 0 Å². The summed E-state index contributed by atoms with van der Waals surface area (Å²) in [7, 11) is 0. The Morgan fingerprint density at radius 1 is 0.914 bits per heavy atom. The largest absolute Gasteiger partial charge is 0.490 e. The molecular formula is C25H20F3N3O3S. The van der Waals surface area contributed by atoms with Crippen molar-refractivity contribution >= 4 is 29.2 Å². The van der Waals surface area contributed by atoms with Gasteiger partial charge in [-0.25, -0.2) is 14.8 Å². The molecule has 0 saturated carbocycles. The summed E-state index contributed by atoms with van der Waals surface area (Å²) >= 11 is 1.72. The highest BCUT2D eigenvalue weighted by Crippen LogP contribution is 2.32. The number of benzene rings is 2. The van der Waals surface area contributed by atoms with Gasteiger partial charge in [0.15, 0.2) is 0 Å². The molecule has 0 fully saturated rings. The molecule has 0 unspecified atom stereocenters. The number of hydrogen-bond acceptors (Lipinski definition) is 6. The molecule has 2 aromatic carbocycles. The average Bonchev–Trinajstić information content (AvgIpc) is 2.86. The number of nitrogens with zero attached hydrogens (tertiary/aromatic N) is 2. The van der Waals surface area contributed by atoms with Gasteiger partial charge in [0.25, 0.3) is 0 Å². The summed E-state index contributed by atoms with van der Waals surface area (Å²) in [6.07, 6.45) is 0.486. The summed E-state index contributed by atoms with van der Waals surface area (Å²) in [6.45, 7) is 0. The number of thioether (sulfide) groups is 1. The highest BCUT2D eigenvalue weighted by atomic mass is 32.2. The molecule has 0 amide bonds. The van der Waals surface area contributed by atoms with Crippen LogP contribution < -0.4 is 10.1 Å². The average molecular weight is 500 g/mol. The van der Waals surface area contributed by atoms with Gasteiger partial charge in [-0.1, -0.05) is 18.2 Å². The van der Waals surface area contributed by atoms with Gasteiger partial charge in [0.2, 0.25) is 5.88 Å². The second-order valence-electron chi connectivity index (χ2n) is 6.85. The van der Waals surface area contributed by atoms with E-state index in [0.29, 0.717) is 5.88 Å². The van der Waals surface area contributed by atoms with Crippen LogP contribution in [-0.4, -0.2) is 33.5 Å². The van der Waals surface area contributed by atoms with Crippen molar-refractivity contribution in [3.05, 3.63) is 91.3 Å². The number of hydrogen-bond donors (Lipinski definition) is 2. The number of carbonyl (C=O) groups is 1. The smallest absolute Gasteiger partial charge is 0.475 e. The first-order valence-electron chi connectivity index (χ1n) is 10.1. The Morgan fingerprint density at radius 2 is 1.57 bits per heavy atom. The third-order valence-corrected chi connectivity index (χ3v) is 5.16. The number of alkyl halides is 3. The summed E-state index contributed by atoms with van der Waals surface area (Å²) in [5, 5.41) is 10.4. The molecule has 4 rings (SSSR count). The third-order valence-electron chi connectivity index (χ3n) is 4.42. The quantitative estimate of drug-likeness (QED) is 0.275. The van der Waals surface area contributed by atoms with Crippen LogP contribution in [0.3, 0.4) is 0 Å². The van der Waals surface area contributed by atoms with Gasteiger partial charge >= 0.3 is 12.1 Å². The minimum absolute atomic E-state index is 0.588. The predicted molar refractivity (Wildman–Crippen MR) is 129 cm³/mol. The molecular weight excluding hydrogens is 479 g/mol. The van der Waals surface area contributed by atoms with Crippen molar-refractivity contribution in [1.29, 1.82) is 0 Å². The Labute approximate surface area is 203 Å². The maximum Gasteiger partial charge on any atom is 0.490 e. The molecule has 180 valence electrons. The van der Waals surface area contributed by atoms with Crippen LogP contribution in [0.5, 0.6) is 11.6 Å². The number of ether oxygens (including phenoxy) is 1. The second-order valence-corrected chi connectivity index (χ2v) is 7.73. The lowest BCUT2D eigenvalue weighted by molar-refractivity contribution is -0.192. The topological polar surface area (TPSA) is 84.3 Å². The number of anilines is 2. The normalized spacial score (nSPS) is 10.6. The monoisotopic (exact) mass is 499 g/mol. The molecule has 0 bridgehead atoms. The zero-order chi connectivity index (χ0) is 25.3. The van der Waals surface area contributed by atoms with E-state index < -0.39 is 12.1 Å². The van der Waals surface area contributed by atoms with E-state index >= 15 is 0 Å². The van der Waals surface area contributed by atoms with Crippen LogP contribution >= 0.6 is 11.8 Å². The van der Waals surface area contributed by atoms with Gasteiger partial charge in [-0.2, -0.15) is 13.2 Å². The molecule has 0 saturated heterocycles. The molecule has 6 nitrogen and oxygen atoms in total. The van der Waals surface area contributed by atoms with E-state index in [-0.39, 0.29) is 0 Å². The number of carboxylic acid groups (broad SMARTS) is 1. The van der Waals surface area contributed by atoms with Gasteiger partial charge in [-0.05, 0) is 72.5 Å². The Kier molecular flexibility index (Phi) is 8.69. The van der Waals surface area contributed by atoms with Crippen LogP contribution in [0.25, 0.3) is 11.1 Å². The first-order valence-corrected chi connectivity index (χ1v) is 11.3. The number of aromatic nitrogens is 2. The lowest BCUT2D eigenvalue weighted by Gasteiger charge is -2.11. The van der Waals surface area contributed by atoms with Crippen molar-refractivity contribution in [2.45, 2.75) is 11.1 Å². The van der Waals surface area contributed by atoms with Gasteiger partial charge in [0, 0.05) is 28.5 Å². The van der Waals surface area contributed by atoms with Crippen LogP contribution in [0.1, 0.15) is 0 Å². The first-order chi connectivity index (χ1) is 16.8. The van der Waals surface area contributed by atoms with E-state index in [2.05, 4.69) is 45.8 Å². The lowest BCUT2D eigenvalue weighted by atomic mass is 10.1. The highest BCUT2D eigenvalue weighted by molar-refractivity contribution is 7.98. The molecule has 2 N–H and O–H groups in total. The summed E-state index contributed by atoms with van der Waals surface area (Å²) in [6, 6.07) is 25.9. The zero-order valence-corrected chi connectivity index (χ0v) is 19.2. The highest BCUT2D eigenvalue weighted by Gasteiger charge is 2.38. The van der Waals surface area contributed by atoms with Crippen molar-refractivity contribution < 1.29 is 27.8 Å². The van der Waals surface area contributed by atoms with E-state index in [1.807, 2.05) is 54.6 Å². The number of carboxylic acids is 1. The fourth-order valence-corrected chi connectivity index (χ4v) is 3.17. The standard InChI is InChI=1S/C23H19N3OS.C2HF3O2/c1-28-20-13-7-17(8-14-20)21-5-4-16-25-23(21)27-19-11-9-18(10-12-19)26-22-6-2-3-15-24-22;3-2(4,5)1(6)7/h2-16H,1H3,(H,24,26);(H,6,7). The van der Waals surface area contributed by atoms with Gasteiger partial charge in [-0.15, -0.1) is 11.8 Å². The van der Waals surface area contributed by atoms with Crippen LogP contribution in [0.4, 0.5) is 24.7 Å². The minimum Gasteiger partial charge on any atom is -0.475 e. The van der Waals surface area contributed by atoms with E-state index in [1.54, 1.807) is 24.2 Å². The third kappa shape index (κ3) is 7.75. The van der Waals surface area contributed by atoms with Crippen LogP contribution in [0.2, 0.25) is 0 Å². The number of halogens is 3. The molecule has 0 aliphatic rings. The van der Waals surface area contributed by atoms with E-state index in [1.165, 1.54) is 4.90 Å². The molecule has 0 atom stereocenters. The Hall–Kier alpha value is -4.05. The minimum atomic E-state index is -5.08. The lowest BCUT2D eigenvalue weighted by Crippen LogP contribution is -2.21. The van der Waals surface area contributed by atoms with Gasteiger partial charge in [0.05, 0.1) is 0 Å². The maximum absolute atomic E-state index is 10.6. The molecule has 2 heterocycles. The Balaban J connectivity index is 0.000000429. The van der Waals surface area contributed by atoms with Gasteiger partial charge in [0.1, 0.15) is 11.6 Å². The number of aliphatic carboxylic acids is 1. The van der Waals surface area contributed by atoms with Crippen LogP contribution in [-0.2, 0) is 4.79 Å². The zero-order valence-electron chi connectivity index (χ0n) is 18.4. The van der Waals surface area contributed by atoms with Gasteiger partial charge in [-0.3, -0.25) is 0 Å². The predicted octanol–water partition coefficient (Wildman–Crippen LogP) is 7.03. The van der Waals surface area contributed by atoms with Crippen LogP contribution in [0, 0.1) is 0 Å². The molecule has 0 aliphatic heterocycles. The molecule has 0 spiro atoms. The SMILES string of the molecule is CSc1ccc(-c2cccnc2Oc2ccc(Nc3ccccn3)cc2)cc1.O=C(O)C(F)(F)F. The molecule has 10 heteroatoms. The fraction of sp³-hybridized carbons (Fsp3) is 0.0800. The molecule has 2 aromatic heterocycles. The van der Waals surface area contributed by atoms with E-state index in [9.17, 15) is 13.2 Å². The van der Waals surface area contributed by atoms with Crippen LogP contribution in [0.15, 0.2) is 96.2 Å². The molecule has 0 radical (unpaired) electrons.